The van der Waals surface area contributed by atoms with Gasteiger partial charge in [0, 0.05) is 17.1 Å². The Bertz CT molecular complexity index is 1700. The summed E-state index contributed by atoms with van der Waals surface area (Å²) in [6, 6.07) is 43.4. The lowest BCUT2D eigenvalue weighted by molar-refractivity contribution is 0.540. The fraction of sp³-hybridized carbons (Fsp3) is 0.143. The van der Waals surface area contributed by atoms with Crippen molar-refractivity contribution in [1.29, 1.82) is 0 Å². The molecule has 198 valence electrons. The minimum absolute atomic E-state index is 0.403. The first kappa shape index (κ1) is 25.0. The van der Waals surface area contributed by atoms with Crippen LogP contribution in [0.25, 0.3) is 0 Å². The van der Waals surface area contributed by atoms with Gasteiger partial charge in [-0.2, -0.15) is 0 Å². The van der Waals surface area contributed by atoms with Crippen LogP contribution < -0.4 is 25.1 Å². The van der Waals surface area contributed by atoms with E-state index in [1.807, 2.05) is 0 Å². The molecular formula is C35H32ClN3Si. The van der Waals surface area contributed by atoms with Crippen LogP contribution in [-0.4, -0.2) is 13.7 Å². The molecule has 0 aliphatic carbocycles. The van der Waals surface area contributed by atoms with Crippen molar-refractivity contribution in [1.82, 2.24) is 0 Å². The van der Waals surface area contributed by atoms with E-state index in [4.69, 9.17) is 11.6 Å². The zero-order chi connectivity index (χ0) is 27.6. The maximum absolute atomic E-state index is 7.52. The second-order valence-corrected chi connectivity index (χ2v) is 16.3. The summed E-state index contributed by atoms with van der Waals surface area (Å²) in [5.41, 5.74) is 7.50. The molecule has 0 N–H and O–H groups in total. The Morgan fingerprint density at radius 3 is 1.55 bits per heavy atom. The van der Waals surface area contributed by atoms with Crippen LogP contribution in [0.1, 0.15) is 13.8 Å². The number of halogens is 1. The van der Waals surface area contributed by atoms with E-state index in [1.54, 1.807) is 0 Å². The molecular weight excluding hydrogens is 526 g/mol. The summed E-state index contributed by atoms with van der Waals surface area (Å²) >= 11 is 7.52. The van der Waals surface area contributed by atoms with Gasteiger partial charge in [0.2, 0.25) is 0 Å². The van der Waals surface area contributed by atoms with Crippen LogP contribution in [-0.2, 0) is 0 Å². The number of anilines is 7. The molecule has 40 heavy (non-hydrogen) atoms. The van der Waals surface area contributed by atoms with Crippen LogP contribution >= 0.6 is 11.6 Å². The van der Waals surface area contributed by atoms with Gasteiger partial charge < -0.3 is 14.7 Å². The molecule has 0 radical (unpaired) electrons. The summed E-state index contributed by atoms with van der Waals surface area (Å²) in [7, 11) is -1.88. The molecule has 0 saturated heterocycles. The monoisotopic (exact) mass is 557 g/mol. The highest BCUT2D eigenvalue weighted by atomic mass is 35.5. The molecule has 5 heteroatoms. The van der Waals surface area contributed by atoms with Crippen molar-refractivity contribution in [3.8, 4) is 0 Å². The van der Waals surface area contributed by atoms with Crippen molar-refractivity contribution in [2.24, 2.45) is 0 Å². The SMILES string of the molecule is CC1(C)N(c2ccccc2)c2ccccc2N1c1cccc(N2c3ccccc3[Si](C)(C)c3ccccc32)c1Cl. The van der Waals surface area contributed by atoms with Crippen LogP contribution in [0.15, 0.2) is 121 Å². The lowest BCUT2D eigenvalue weighted by Gasteiger charge is -2.43. The second kappa shape index (κ2) is 9.02. The average molecular weight is 558 g/mol. The Kier molecular flexibility index (Phi) is 5.64. The smallest absolute Gasteiger partial charge is 0.117 e. The van der Waals surface area contributed by atoms with Crippen molar-refractivity contribution >= 4 is 69.9 Å². The van der Waals surface area contributed by atoms with Crippen molar-refractivity contribution in [2.45, 2.75) is 32.6 Å². The van der Waals surface area contributed by atoms with Gasteiger partial charge in [-0.05, 0) is 72.8 Å². The van der Waals surface area contributed by atoms with Crippen LogP contribution in [0.4, 0.5) is 39.8 Å². The van der Waals surface area contributed by atoms with Gasteiger partial charge in [0.05, 0.1) is 27.8 Å². The molecule has 5 aromatic rings. The lowest BCUT2D eigenvalue weighted by Crippen LogP contribution is -2.58. The topological polar surface area (TPSA) is 9.72 Å². The second-order valence-electron chi connectivity index (χ2n) is 11.6. The third-order valence-electron chi connectivity index (χ3n) is 8.55. The summed E-state index contributed by atoms with van der Waals surface area (Å²) in [6.45, 7) is 9.43. The van der Waals surface area contributed by atoms with E-state index in [2.05, 4.69) is 163 Å². The molecule has 0 aromatic heterocycles. The van der Waals surface area contributed by atoms with Gasteiger partial charge in [0.25, 0.3) is 0 Å². The molecule has 0 bridgehead atoms. The van der Waals surface area contributed by atoms with Gasteiger partial charge in [-0.25, -0.2) is 0 Å². The van der Waals surface area contributed by atoms with Gasteiger partial charge >= 0.3 is 0 Å². The van der Waals surface area contributed by atoms with Crippen molar-refractivity contribution < 1.29 is 0 Å². The van der Waals surface area contributed by atoms with E-state index < -0.39 is 13.7 Å². The number of benzene rings is 5. The maximum atomic E-state index is 7.52. The van der Waals surface area contributed by atoms with Gasteiger partial charge in [-0.1, -0.05) is 97.5 Å². The molecule has 0 amide bonds. The third kappa shape index (κ3) is 3.49. The zero-order valence-electron chi connectivity index (χ0n) is 23.3. The van der Waals surface area contributed by atoms with Crippen LogP contribution in [0, 0.1) is 0 Å². The Morgan fingerprint density at radius 1 is 0.500 bits per heavy atom. The van der Waals surface area contributed by atoms with Gasteiger partial charge in [0.15, 0.2) is 0 Å². The Labute approximate surface area is 242 Å². The van der Waals surface area contributed by atoms with Gasteiger partial charge in [0.1, 0.15) is 13.7 Å². The number of rotatable bonds is 3. The Morgan fingerprint density at radius 2 is 0.950 bits per heavy atom. The van der Waals surface area contributed by atoms with E-state index in [1.165, 1.54) is 27.4 Å². The number of para-hydroxylation sites is 5. The standard InChI is InChI=1S/C35H32ClN3Si/c1-35(2)38(25-15-6-5-7-16-25)26-17-8-9-18-27(26)39(35)31-22-14-21-30(34(31)36)37-28-19-10-12-23-32(28)40(3,4)33-24-13-11-20-29(33)37/h5-24H,1-4H3. The van der Waals surface area contributed by atoms with Crippen molar-refractivity contribution in [2.75, 3.05) is 14.7 Å². The molecule has 0 atom stereocenters. The quantitative estimate of drug-likeness (QED) is 0.205. The van der Waals surface area contributed by atoms with E-state index in [0.29, 0.717) is 0 Å². The highest BCUT2D eigenvalue weighted by Gasteiger charge is 2.45. The van der Waals surface area contributed by atoms with Crippen molar-refractivity contribution in [3.05, 3.63) is 126 Å². The van der Waals surface area contributed by atoms with Crippen molar-refractivity contribution in [3.63, 3.8) is 0 Å². The molecule has 0 saturated carbocycles. The summed E-state index contributed by atoms with van der Waals surface area (Å²) in [5.74, 6) is 0. The molecule has 7 rings (SSSR count). The normalized spacial score (nSPS) is 16.4. The number of fused-ring (bicyclic) bond motifs is 3. The molecule has 0 fully saturated rings. The fourth-order valence-electron chi connectivity index (χ4n) is 6.77. The predicted octanol–water partition coefficient (Wildman–Crippen LogP) is 8.97. The molecule has 0 spiro atoms. The molecule has 2 heterocycles. The Balaban J connectivity index is 1.44. The zero-order valence-corrected chi connectivity index (χ0v) is 25.0. The molecule has 3 nitrogen and oxygen atoms in total. The fourth-order valence-corrected chi connectivity index (χ4v) is 10.1. The highest BCUT2D eigenvalue weighted by Crippen LogP contribution is 2.55. The number of nitrogens with zero attached hydrogens (tertiary/aromatic N) is 3. The maximum Gasteiger partial charge on any atom is 0.117 e. The average Bonchev–Trinajstić information content (AvgIpc) is 3.20. The van der Waals surface area contributed by atoms with E-state index in [0.717, 1.165) is 27.8 Å². The van der Waals surface area contributed by atoms with Crippen LogP contribution in [0.2, 0.25) is 18.1 Å². The molecule has 5 aromatic carbocycles. The van der Waals surface area contributed by atoms with Crippen LogP contribution in [0.5, 0.6) is 0 Å². The predicted molar refractivity (Wildman–Crippen MR) is 174 cm³/mol. The van der Waals surface area contributed by atoms with Crippen LogP contribution in [0.3, 0.4) is 0 Å². The Hall–Kier alpha value is -3.99. The molecule has 2 aliphatic rings. The first-order chi connectivity index (χ1) is 19.3. The molecule has 0 unspecified atom stereocenters. The first-order valence-corrected chi connectivity index (χ1v) is 17.2. The van der Waals surface area contributed by atoms with E-state index in [-0.39, 0.29) is 0 Å². The summed E-state index contributed by atoms with van der Waals surface area (Å²) in [6.07, 6.45) is 0. The van der Waals surface area contributed by atoms with Gasteiger partial charge in [-0.3, -0.25) is 0 Å². The lowest BCUT2D eigenvalue weighted by atomic mass is 10.1. The summed E-state index contributed by atoms with van der Waals surface area (Å²) in [4.78, 5) is 7.17. The van der Waals surface area contributed by atoms with E-state index >= 15 is 0 Å². The van der Waals surface area contributed by atoms with Gasteiger partial charge in [-0.15, -0.1) is 0 Å². The highest BCUT2D eigenvalue weighted by molar-refractivity contribution is 7.02. The van der Waals surface area contributed by atoms with E-state index in [9.17, 15) is 0 Å². The minimum Gasteiger partial charge on any atom is -0.316 e. The number of hydrogen-bond acceptors (Lipinski definition) is 3. The minimum atomic E-state index is -1.88. The first-order valence-electron chi connectivity index (χ1n) is 13.8. The molecule has 2 aliphatic heterocycles. The largest absolute Gasteiger partial charge is 0.316 e. The summed E-state index contributed by atoms with van der Waals surface area (Å²) < 4.78 is 0. The third-order valence-corrected chi connectivity index (χ3v) is 12.5. The summed E-state index contributed by atoms with van der Waals surface area (Å²) in [5, 5.41) is 3.60. The number of hydrogen-bond donors (Lipinski definition) is 0.